The van der Waals surface area contributed by atoms with E-state index < -0.39 is 16.4 Å². The van der Waals surface area contributed by atoms with Gasteiger partial charge in [0.25, 0.3) is 0 Å². The van der Waals surface area contributed by atoms with Crippen molar-refractivity contribution < 1.29 is 4.79 Å². The van der Waals surface area contributed by atoms with Gasteiger partial charge in [0, 0.05) is 24.7 Å². The van der Waals surface area contributed by atoms with Crippen LogP contribution in [-0.2, 0) is 10.2 Å². The average Bonchev–Trinajstić information content (AvgIpc) is 3.13. The van der Waals surface area contributed by atoms with E-state index in [2.05, 4.69) is 28.4 Å². The van der Waals surface area contributed by atoms with Gasteiger partial charge in [0.05, 0.1) is 17.6 Å². The number of nitrogens with zero attached hydrogens (tertiary/aromatic N) is 3. The largest absolute Gasteiger partial charge is 0.366 e. The molecule has 2 saturated carbocycles. The van der Waals surface area contributed by atoms with E-state index in [-0.39, 0.29) is 17.2 Å². The van der Waals surface area contributed by atoms with Crippen molar-refractivity contribution in [2.45, 2.75) is 49.1 Å². The highest BCUT2D eigenvalue weighted by Crippen LogP contribution is 2.75. The fourth-order valence-electron chi connectivity index (χ4n) is 7.69. The van der Waals surface area contributed by atoms with Crippen molar-refractivity contribution in [1.82, 2.24) is 4.90 Å². The summed E-state index contributed by atoms with van der Waals surface area (Å²) in [6, 6.07) is 13.2. The quantitative estimate of drug-likeness (QED) is 0.781. The van der Waals surface area contributed by atoms with Crippen LogP contribution in [0.5, 0.6) is 0 Å². The molecule has 1 aromatic carbocycles. The number of nitriles is 2. The molecule has 0 amide bonds. The molecule has 6 rings (SSSR count). The maximum absolute atomic E-state index is 13.6. The van der Waals surface area contributed by atoms with Crippen molar-refractivity contribution >= 4 is 11.5 Å². The molecule has 1 aromatic rings. The average molecular weight is 344 g/mol. The normalized spacial score (nSPS) is 47.3. The molecular formula is C21H20N4O. The molecule has 1 N–H and O–H groups in total. The van der Waals surface area contributed by atoms with Crippen molar-refractivity contribution in [2.24, 2.45) is 10.8 Å². The molecule has 5 nitrogen and oxygen atoms in total. The number of carbonyl (C=O) groups is 1. The molecule has 2 aliphatic carbocycles. The second kappa shape index (κ2) is 4.13. The lowest BCUT2D eigenvalue weighted by atomic mass is 9.38. The first-order chi connectivity index (χ1) is 12.6. The van der Waals surface area contributed by atoms with Crippen LogP contribution in [0.4, 0.5) is 5.69 Å². The smallest absolute Gasteiger partial charge is 0.156 e. The minimum atomic E-state index is -1.12. The van der Waals surface area contributed by atoms with Crippen LogP contribution >= 0.6 is 0 Å². The van der Waals surface area contributed by atoms with Gasteiger partial charge in [0.1, 0.15) is 11.0 Å². The topological polar surface area (TPSA) is 79.9 Å². The number of anilines is 1. The second-order valence-corrected chi connectivity index (χ2v) is 8.95. The predicted molar refractivity (Wildman–Crippen MR) is 94.0 cm³/mol. The van der Waals surface area contributed by atoms with Crippen molar-refractivity contribution in [2.75, 3.05) is 18.4 Å². The van der Waals surface area contributed by atoms with E-state index in [0.717, 1.165) is 37.1 Å². The number of ketones is 1. The number of rotatable bonds is 0. The van der Waals surface area contributed by atoms with Gasteiger partial charge in [-0.25, -0.2) is 0 Å². The van der Waals surface area contributed by atoms with Crippen LogP contribution in [-0.4, -0.2) is 35.4 Å². The molecule has 5 heteroatoms. The lowest BCUT2D eigenvalue weighted by Gasteiger charge is -2.64. The summed E-state index contributed by atoms with van der Waals surface area (Å²) >= 11 is 0. The van der Waals surface area contributed by atoms with Gasteiger partial charge in [-0.15, -0.1) is 0 Å². The molecule has 1 unspecified atom stereocenters. The van der Waals surface area contributed by atoms with Crippen LogP contribution in [0.1, 0.15) is 37.7 Å². The third-order valence-electron chi connectivity index (χ3n) is 8.33. The number of nitrogens with one attached hydrogen (secondary N) is 1. The maximum atomic E-state index is 13.6. The Kier molecular flexibility index (Phi) is 2.35. The summed E-state index contributed by atoms with van der Waals surface area (Å²) in [4.78, 5) is 16.0. The Morgan fingerprint density at radius 2 is 2.00 bits per heavy atom. The van der Waals surface area contributed by atoms with Crippen LogP contribution in [0, 0.1) is 33.5 Å². The van der Waals surface area contributed by atoms with E-state index in [1.807, 2.05) is 18.2 Å². The van der Waals surface area contributed by atoms with Gasteiger partial charge >= 0.3 is 0 Å². The van der Waals surface area contributed by atoms with E-state index in [1.165, 1.54) is 0 Å². The van der Waals surface area contributed by atoms with E-state index in [4.69, 9.17) is 0 Å². The second-order valence-electron chi connectivity index (χ2n) is 8.95. The summed E-state index contributed by atoms with van der Waals surface area (Å²) in [6.45, 7) is 1.41. The predicted octanol–water partition coefficient (Wildman–Crippen LogP) is 2.35. The Hall–Kier alpha value is -2.37. The molecule has 0 aromatic heterocycles. The van der Waals surface area contributed by atoms with Gasteiger partial charge in [-0.2, -0.15) is 10.5 Å². The number of benzene rings is 1. The summed E-state index contributed by atoms with van der Waals surface area (Å²) < 4.78 is 0. The molecule has 3 aliphatic heterocycles. The Morgan fingerprint density at radius 3 is 2.81 bits per heavy atom. The first kappa shape index (κ1) is 14.8. The molecule has 5 aliphatic rings. The summed E-state index contributed by atoms with van der Waals surface area (Å²) in [5, 5.41) is 24.3. The highest BCUT2D eigenvalue weighted by atomic mass is 16.1. The summed E-state index contributed by atoms with van der Waals surface area (Å²) in [6.07, 6.45) is 4.22. The van der Waals surface area contributed by atoms with Gasteiger partial charge in [-0.3, -0.25) is 9.69 Å². The molecule has 5 atom stereocenters. The number of fused-ring (bicyclic) bond motifs is 1. The summed E-state index contributed by atoms with van der Waals surface area (Å²) in [5.41, 5.74) is -0.870. The highest BCUT2D eigenvalue weighted by molar-refractivity contribution is 5.96. The molecule has 1 spiro atoms. The molecule has 0 radical (unpaired) electrons. The lowest BCUT2D eigenvalue weighted by Crippen LogP contribution is -2.76. The zero-order chi connectivity index (χ0) is 17.8. The number of para-hydroxylation sites is 1. The molecule has 3 heterocycles. The van der Waals surface area contributed by atoms with Gasteiger partial charge in [0.15, 0.2) is 5.78 Å². The molecule has 26 heavy (non-hydrogen) atoms. The van der Waals surface area contributed by atoms with Crippen LogP contribution in [0.2, 0.25) is 0 Å². The standard InChI is InChI=1S/C21H20N4O/c22-11-19-13-25-9-3-6-18(10-16(19)26)7-8-20(12-23)21(19,17(18)25)14-4-1-2-5-15(14)24-20/h1-2,4-5,17,24H,3,6-10,13H2/t17-,18+,19?,20+,21+/m0/s1. The number of piperidine rings is 1. The van der Waals surface area contributed by atoms with Gasteiger partial charge in [-0.1, -0.05) is 18.2 Å². The van der Waals surface area contributed by atoms with Crippen LogP contribution in [0.15, 0.2) is 24.3 Å². The van der Waals surface area contributed by atoms with Gasteiger partial charge < -0.3 is 5.32 Å². The number of hydrogen-bond donors (Lipinski definition) is 1. The zero-order valence-electron chi connectivity index (χ0n) is 14.6. The minimum Gasteiger partial charge on any atom is -0.366 e. The third kappa shape index (κ3) is 1.15. The fraction of sp³-hybridized carbons (Fsp3) is 0.571. The van der Waals surface area contributed by atoms with Crippen LogP contribution in [0.25, 0.3) is 0 Å². The minimum absolute atomic E-state index is 0.0680. The van der Waals surface area contributed by atoms with Crippen molar-refractivity contribution in [3.05, 3.63) is 29.8 Å². The van der Waals surface area contributed by atoms with Crippen molar-refractivity contribution in [3.8, 4) is 12.1 Å². The van der Waals surface area contributed by atoms with E-state index in [9.17, 15) is 15.3 Å². The van der Waals surface area contributed by atoms with E-state index >= 15 is 0 Å². The van der Waals surface area contributed by atoms with E-state index in [1.54, 1.807) is 0 Å². The van der Waals surface area contributed by atoms with Crippen molar-refractivity contribution in [1.29, 1.82) is 10.5 Å². The number of carbonyl (C=O) groups excluding carboxylic acids is 1. The first-order valence-electron chi connectivity index (χ1n) is 9.57. The lowest BCUT2D eigenvalue weighted by molar-refractivity contribution is -0.146. The molecule has 2 saturated heterocycles. The van der Waals surface area contributed by atoms with Crippen LogP contribution in [0.3, 0.4) is 0 Å². The van der Waals surface area contributed by atoms with E-state index in [0.29, 0.717) is 19.4 Å². The maximum Gasteiger partial charge on any atom is 0.156 e. The molecular weight excluding hydrogens is 324 g/mol. The zero-order valence-corrected chi connectivity index (χ0v) is 14.6. The summed E-state index contributed by atoms with van der Waals surface area (Å²) in [7, 11) is 0. The first-order valence-corrected chi connectivity index (χ1v) is 9.57. The summed E-state index contributed by atoms with van der Waals surface area (Å²) in [5.74, 6) is 0.0680. The Morgan fingerprint density at radius 1 is 1.15 bits per heavy atom. The highest BCUT2D eigenvalue weighted by Gasteiger charge is 2.85. The molecule has 4 bridgehead atoms. The van der Waals surface area contributed by atoms with Gasteiger partial charge in [0.2, 0.25) is 0 Å². The Labute approximate surface area is 152 Å². The number of Topliss-reactive ketones (excluding diaryl/α,β-unsaturated/α-hetero) is 1. The molecule has 4 fully saturated rings. The fourth-order valence-corrected chi connectivity index (χ4v) is 7.69. The van der Waals surface area contributed by atoms with Gasteiger partial charge in [-0.05, 0) is 49.3 Å². The Bertz CT molecular complexity index is 959. The molecule has 130 valence electrons. The SMILES string of the molecule is N#CC12CN3CCC[C@@]4(CC[C@]5(C#N)Nc6ccccc6[C@@]15[C@@H]34)CC2=O. The number of hydrogen-bond acceptors (Lipinski definition) is 5. The Balaban J connectivity index is 1.79. The monoisotopic (exact) mass is 344 g/mol. The van der Waals surface area contributed by atoms with Crippen molar-refractivity contribution in [3.63, 3.8) is 0 Å². The third-order valence-corrected chi connectivity index (χ3v) is 8.33. The van der Waals surface area contributed by atoms with Crippen LogP contribution < -0.4 is 5.32 Å².